The quantitative estimate of drug-likeness (QED) is 0.302. The van der Waals surface area contributed by atoms with Gasteiger partial charge in [0.05, 0.1) is 16.6 Å². The van der Waals surface area contributed by atoms with Crippen LogP contribution >= 0.6 is 11.6 Å². The number of hydrogen-bond donors (Lipinski definition) is 2. The summed E-state index contributed by atoms with van der Waals surface area (Å²) in [6.45, 7) is 0. The molecule has 1 aliphatic heterocycles. The summed E-state index contributed by atoms with van der Waals surface area (Å²) in [4.78, 5) is 0.265. The van der Waals surface area contributed by atoms with Crippen LogP contribution in [0.3, 0.4) is 0 Å². The Bertz CT molecular complexity index is 1540. The highest BCUT2D eigenvalue weighted by Gasteiger charge is 2.38. The van der Waals surface area contributed by atoms with Gasteiger partial charge in [0.15, 0.2) is 0 Å². The number of rotatable bonds is 4. The van der Waals surface area contributed by atoms with Crippen molar-refractivity contribution in [1.29, 1.82) is 0 Å². The average molecular weight is 487 g/mol. The highest BCUT2D eigenvalue weighted by atomic mass is 35.5. The number of fused-ring (bicyclic) bond motifs is 4. The number of benzene rings is 4. The molecule has 0 spiro atoms. The standard InChI is InChI=1S/C28H23ClN2O2S/c29-20-9-3-8-19(16-20)28-24-12-5-11-23(24)25-17-21(14-15-26(25)30-28)34(32,33)31-27-13-4-7-18-6-1-2-10-22(18)27/h1-11,13-17,23-24,28,30-31H,12H2/t23-,24+,28-/m0/s1. The molecule has 0 bridgehead atoms. The Labute approximate surface area is 204 Å². The zero-order chi connectivity index (χ0) is 23.3. The molecule has 0 unspecified atom stereocenters. The summed E-state index contributed by atoms with van der Waals surface area (Å²) in [6, 6.07) is 26.8. The number of allylic oxidation sites excluding steroid dienone is 2. The van der Waals surface area contributed by atoms with Gasteiger partial charge in [0.1, 0.15) is 0 Å². The number of halogens is 1. The molecule has 4 aromatic carbocycles. The van der Waals surface area contributed by atoms with Gasteiger partial charge in [-0.05, 0) is 65.3 Å². The first kappa shape index (κ1) is 21.3. The Morgan fingerprint density at radius 1 is 0.912 bits per heavy atom. The number of nitrogens with one attached hydrogen (secondary N) is 2. The maximum absolute atomic E-state index is 13.4. The molecule has 3 atom stereocenters. The first-order chi connectivity index (χ1) is 16.5. The lowest BCUT2D eigenvalue weighted by atomic mass is 9.77. The van der Waals surface area contributed by atoms with E-state index in [1.165, 1.54) is 0 Å². The molecule has 6 rings (SSSR count). The Morgan fingerprint density at radius 3 is 2.62 bits per heavy atom. The van der Waals surface area contributed by atoms with Crippen molar-refractivity contribution in [2.75, 3.05) is 10.0 Å². The zero-order valence-corrected chi connectivity index (χ0v) is 19.9. The molecule has 2 aliphatic rings. The Balaban J connectivity index is 1.36. The molecule has 0 amide bonds. The molecular weight excluding hydrogens is 464 g/mol. The molecule has 34 heavy (non-hydrogen) atoms. The van der Waals surface area contributed by atoms with Crippen molar-refractivity contribution in [3.05, 3.63) is 113 Å². The maximum atomic E-state index is 13.4. The SMILES string of the molecule is O=S(=O)(Nc1cccc2ccccc12)c1ccc2c(c1)[C@H]1C=CC[C@H]1[C@H](c1cccc(Cl)c1)N2. The van der Waals surface area contributed by atoms with Crippen molar-refractivity contribution in [3.8, 4) is 0 Å². The average Bonchev–Trinajstić information content (AvgIpc) is 3.34. The second-order valence-electron chi connectivity index (χ2n) is 8.91. The van der Waals surface area contributed by atoms with Crippen molar-refractivity contribution in [2.45, 2.75) is 23.3 Å². The zero-order valence-electron chi connectivity index (χ0n) is 18.3. The fraction of sp³-hybridized carbons (Fsp3) is 0.143. The lowest BCUT2D eigenvalue weighted by Crippen LogP contribution is -2.29. The van der Waals surface area contributed by atoms with Gasteiger partial charge in [-0.25, -0.2) is 8.42 Å². The van der Waals surface area contributed by atoms with Crippen LogP contribution in [0.4, 0.5) is 11.4 Å². The molecular formula is C28H23ClN2O2S. The minimum absolute atomic E-state index is 0.113. The van der Waals surface area contributed by atoms with E-state index in [0.29, 0.717) is 16.6 Å². The molecule has 0 fully saturated rings. The molecule has 4 aromatic rings. The second kappa shape index (κ2) is 8.19. The second-order valence-corrected chi connectivity index (χ2v) is 11.0. The smallest absolute Gasteiger partial charge is 0.261 e. The number of hydrogen-bond acceptors (Lipinski definition) is 3. The fourth-order valence-electron chi connectivity index (χ4n) is 5.29. The predicted octanol–water partition coefficient (Wildman–Crippen LogP) is 7.12. The molecule has 1 aliphatic carbocycles. The third-order valence-corrected chi connectivity index (χ3v) is 8.48. The lowest BCUT2D eigenvalue weighted by Gasteiger charge is -2.37. The van der Waals surface area contributed by atoms with Gasteiger partial charge in [0.2, 0.25) is 0 Å². The maximum Gasteiger partial charge on any atom is 0.261 e. The van der Waals surface area contributed by atoms with Gasteiger partial charge in [-0.3, -0.25) is 4.72 Å². The van der Waals surface area contributed by atoms with Crippen LogP contribution in [-0.2, 0) is 10.0 Å². The van der Waals surface area contributed by atoms with Gasteiger partial charge in [-0.1, -0.05) is 72.3 Å². The van der Waals surface area contributed by atoms with Gasteiger partial charge >= 0.3 is 0 Å². The number of anilines is 2. The minimum atomic E-state index is -3.76. The Kier molecular flexibility index (Phi) is 5.12. The molecule has 4 nitrogen and oxygen atoms in total. The molecule has 0 saturated carbocycles. The molecule has 2 N–H and O–H groups in total. The molecule has 6 heteroatoms. The highest BCUT2D eigenvalue weighted by Crippen LogP contribution is 2.50. The van der Waals surface area contributed by atoms with Crippen LogP contribution in [0.25, 0.3) is 10.8 Å². The summed E-state index contributed by atoms with van der Waals surface area (Å²) in [5.74, 6) is 0.447. The molecule has 0 aromatic heterocycles. The summed E-state index contributed by atoms with van der Waals surface area (Å²) in [5, 5.41) is 6.23. The van der Waals surface area contributed by atoms with E-state index >= 15 is 0 Å². The van der Waals surface area contributed by atoms with Gasteiger partial charge in [0.25, 0.3) is 10.0 Å². The Morgan fingerprint density at radius 2 is 1.74 bits per heavy atom. The summed E-state index contributed by atoms with van der Waals surface area (Å²) >= 11 is 6.26. The van der Waals surface area contributed by atoms with Crippen LogP contribution < -0.4 is 10.0 Å². The van der Waals surface area contributed by atoms with Crippen molar-refractivity contribution < 1.29 is 8.42 Å². The fourth-order valence-corrected chi connectivity index (χ4v) is 6.60. The van der Waals surface area contributed by atoms with Gasteiger partial charge in [0, 0.05) is 22.0 Å². The highest BCUT2D eigenvalue weighted by molar-refractivity contribution is 7.92. The van der Waals surface area contributed by atoms with Crippen molar-refractivity contribution in [1.82, 2.24) is 0 Å². The topological polar surface area (TPSA) is 58.2 Å². The third-order valence-electron chi connectivity index (χ3n) is 6.89. The summed E-state index contributed by atoms with van der Waals surface area (Å²) in [6.07, 6.45) is 5.33. The van der Waals surface area contributed by atoms with Crippen LogP contribution in [0.15, 0.2) is 102 Å². The summed E-state index contributed by atoms with van der Waals surface area (Å²) < 4.78 is 29.6. The van der Waals surface area contributed by atoms with E-state index in [2.05, 4.69) is 28.3 Å². The predicted molar refractivity (Wildman–Crippen MR) is 139 cm³/mol. The van der Waals surface area contributed by atoms with Crippen LogP contribution in [0.5, 0.6) is 0 Å². The van der Waals surface area contributed by atoms with Gasteiger partial charge in [-0.2, -0.15) is 0 Å². The van der Waals surface area contributed by atoms with E-state index in [-0.39, 0.29) is 16.9 Å². The first-order valence-electron chi connectivity index (χ1n) is 11.3. The Hall–Kier alpha value is -3.28. The first-order valence-corrected chi connectivity index (χ1v) is 13.2. The molecule has 0 saturated heterocycles. The lowest BCUT2D eigenvalue weighted by molar-refractivity contribution is 0.425. The number of sulfonamides is 1. The summed E-state index contributed by atoms with van der Waals surface area (Å²) in [7, 11) is -3.76. The van der Waals surface area contributed by atoms with Crippen LogP contribution in [0, 0.1) is 5.92 Å². The van der Waals surface area contributed by atoms with Crippen LogP contribution in [0.2, 0.25) is 5.02 Å². The van der Waals surface area contributed by atoms with E-state index in [0.717, 1.165) is 34.0 Å². The van der Waals surface area contributed by atoms with Crippen molar-refractivity contribution in [2.24, 2.45) is 5.92 Å². The molecule has 1 heterocycles. The summed E-state index contributed by atoms with van der Waals surface area (Å²) in [5.41, 5.74) is 3.69. The largest absolute Gasteiger partial charge is 0.378 e. The van der Waals surface area contributed by atoms with E-state index in [4.69, 9.17) is 11.6 Å². The van der Waals surface area contributed by atoms with Crippen molar-refractivity contribution in [3.63, 3.8) is 0 Å². The van der Waals surface area contributed by atoms with E-state index in [9.17, 15) is 8.42 Å². The normalized spacial score (nSPS) is 21.0. The molecule has 170 valence electrons. The third kappa shape index (κ3) is 3.65. The van der Waals surface area contributed by atoms with E-state index < -0.39 is 10.0 Å². The van der Waals surface area contributed by atoms with E-state index in [1.807, 2.05) is 66.7 Å². The van der Waals surface area contributed by atoms with Gasteiger partial charge in [-0.15, -0.1) is 0 Å². The van der Waals surface area contributed by atoms with E-state index in [1.54, 1.807) is 12.1 Å². The van der Waals surface area contributed by atoms with Crippen LogP contribution in [-0.4, -0.2) is 8.42 Å². The molecule has 0 radical (unpaired) electrons. The van der Waals surface area contributed by atoms with Crippen molar-refractivity contribution >= 4 is 43.8 Å². The van der Waals surface area contributed by atoms with Gasteiger partial charge < -0.3 is 5.32 Å². The minimum Gasteiger partial charge on any atom is -0.378 e. The van der Waals surface area contributed by atoms with Crippen LogP contribution in [0.1, 0.15) is 29.5 Å². The monoisotopic (exact) mass is 486 g/mol.